The summed E-state index contributed by atoms with van der Waals surface area (Å²) >= 11 is 0. The summed E-state index contributed by atoms with van der Waals surface area (Å²) in [6.45, 7) is 6.72. The minimum absolute atomic E-state index is 0. The maximum Gasteiger partial charge on any atom is 1.00 e. The zero-order valence-electron chi connectivity index (χ0n) is 8.81. The van der Waals surface area contributed by atoms with Crippen LogP contribution in [0.25, 0.3) is 0 Å². The molecule has 0 spiro atoms. The molecule has 62 valence electrons. The van der Waals surface area contributed by atoms with Gasteiger partial charge in [0.25, 0.3) is 0 Å². The second-order valence-corrected chi connectivity index (χ2v) is 8.53. The van der Waals surface area contributed by atoms with Crippen molar-refractivity contribution in [3.05, 3.63) is 35.9 Å². The van der Waals surface area contributed by atoms with Gasteiger partial charge in [0, 0.05) is 0 Å². The van der Waals surface area contributed by atoms with Gasteiger partial charge in [-0.3, -0.25) is 0 Å². The molecule has 0 fully saturated rings. The van der Waals surface area contributed by atoms with Gasteiger partial charge in [-0.25, -0.2) is 0 Å². The Morgan fingerprint density at radius 2 is 1.92 bits per heavy atom. The molecular weight excluding hydrogens is 167 g/mol. The van der Waals surface area contributed by atoms with E-state index in [1.54, 1.807) is 0 Å². The van der Waals surface area contributed by atoms with Crippen molar-refractivity contribution in [1.29, 1.82) is 0 Å². The van der Waals surface area contributed by atoms with Crippen LogP contribution in [0.3, 0.4) is 0 Å². The quantitative estimate of drug-likeness (QED) is 0.293. The van der Waals surface area contributed by atoms with Crippen LogP contribution in [0.4, 0.5) is 0 Å². The van der Waals surface area contributed by atoms with Crippen molar-refractivity contribution in [2.45, 2.75) is 19.6 Å². The molecule has 0 saturated carbocycles. The van der Waals surface area contributed by atoms with Gasteiger partial charge in [-0.1, -0.05) is 19.6 Å². The van der Waals surface area contributed by atoms with Gasteiger partial charge in [-0.15, -0.1) is 35.9 Å². The predicted octanol–water partition coefficient (Wildman–Crippen LogP) is -0.280. The Kier molecular flexibility index (Phi) is 5.18. The van der Waals surface area contributed by atoms with E-state index < -0.39 is 8.07 Å². The number of benzene rings is 1. The second-order valence-electron chi connectivity index (χ2n) is 3.78. The van der Waals surface area contributed by atoms with Gasteiger partial charge in [0.15, 0.2) is 0 Å². The van der Waals surface area contributed by atoms with Crippen LogP contribution < -0.4 is 18.9 Å². The molecule has 1 rings (SSSR count). The first-order valence-corrected chi connectivity index (χ1v) is 7.58. The molecule has 0 aliphatic heterocycles. The van der Waals surface area contributed by atoms with Crippen molar-refractivity contribution in [1.82, 2.24) is 0 Å². The summed E-state index contributed by atoms with van der Waals surface area (Å²) in [5.41, 5.74) is 4.30. The maximum atomic E-state index is 3.30. The fraction of sp³-hybridized carbons (Fsp3) is 0.273. The van der Waals surface area contributed by atoms with Gasteiger partial charge < -0.3 is 0 Å². The van der Waals surface area contributed by atoms with Crippen LogP contribution in [0.1, 0.15) is 5.56 Å². The van der Waals surface area contributed by atoms with E-state index in [4.69, 9.17) is 0 Å². The minimum atomic E-state index is -1.22. The molecule has 0 aliphatic rings. The fourth-order valence-corrected chi connectivity index (χ4v) is 1.24. The monoisotopic (exact) mass is 180 g/mol. The Bertz CT molecular complexity index is 300. The summed E-state index contributed by atoms with van der Waals surface area (Å²) in [6, 6.07) is 10.9. The summed E-state index contributed by atoms with van der Waals surface area (Å²) in [4.78, 5) is 0. The SMILES string of the molecule is C[Si](C)(C)C#Cc1[c-]cccc1.[Li+]. The summed E-state index contributed by atoms with van der Waals surface area (Å²) < 4.78 is 0. The van der Waals surface area contributed by atoms with Gasteiger partial charge in [0.05, 0.1) is 0 Å². The zero-order valence-corrected chi connectivity index (χ0v) is 9.81. The van der Waals surface area contributed by atoms with E-state index in [1.165, 1.54) is 0 Å². The smallest absolute Gasteiger partial charge is 0.198 e. The molecule has 0 N–H and O–H groups in total. The topological polar surface area (TPSA) is 0 Å². The molecule has 0 aliphatic carbocycles. The van der Waals surface area contributed by atoms with E-state index in [0.717, 1.165) is 5.56 Å². The third-order valence-electron chi connectivity index (χ3n) is 1.28. The molecule has 0 aromatic heterocycles. The normalized spacial score (nSPS) is 9.46. The summed E-state index contributed by atoms with van der Waals surface area (Å²) in [7, 11) is -1.22. The van der Waals surface area contributed by atoms with E-state index in [1.807, 2.05) is 24.3 Å². The van der Waals surface area contributed by atoms with Gasteiger partial charge in [0.2, 0.25) is 0 Å². The van der Waals surface area contributed by atoms with Crippen molar-refractivity contribution in [3.8, 4) is 11.5 Å². The van der Waals surface area contributed by atoms with E-state index in [-0.39, 0.29) is 18.9 Å². The molecule has 13 heavy (non-hydrogen) atoms. The summed E-state index contributed by atoms with van der Waals surface area (Å²) in [5, 5.41) is 0. The molecule has 0 saturated heterocycles. The molecule has 0 atom stereocenters. The van der Waals surface area contributed by atoms with Crippen molar-refractivity contribution >= 4 is 8.07 Å². The van der Waals surface area contributed by atoms with Gasteiger partial charge in [-0.05, 0) is 0 Å². The Labute approximate surface area is 93.9 Å². The Hall–Kier alpha value is -0.406. The molecule has 0 bridgehead atoms. The average Bonchev–Trinajstić information content (AvgIpc) is 2.02. The molecule has 0 unspecified atom stereocenters. The second kappa shape index (κ2) is 5.35. The molecule has 1 aromatic carbocycles. The first-order chi connectivity index (χ1) is 5.58. The third kappa shape index (κ3) is 5.78. The van der Waals surface area contributed by atoms with Crippen molar-refractivity contribution in [3.63, 3.8) is 0 Å². The first kappa shape index (κ1) is 12.6. The molecule has 2 heteroatoms. The average molecular weight is 180 g/mol. The van der Waals surface area contributed by atoms with Crippen LogP contribution in [-0.4, -0.2) is 8.07 Å². The van der Waals surface area contributed by atoms with E-state index in [9.17, 15) is 0 Å². The Morgan fingerprint density at radius 1 is 1.23 bits per heavy atom. The predicted molar refractivity (Wildman–Crippen MR) is 55.5 cm³/mol. The Balaban J connectivity index is 0.00000144. The van der Waals surface area contributed by atoms with Crippen LogP contribution >= 0.6 is 0 Å². The van der Waals surface area contributed by atoms with Crippen molar-refractivity contribution < 1.29 is 18.9 Å². The Morgan fingerprint density at radius 3 is 2.38 bits per heavy atom. The van der Waals surface area contributed by atoms with Crippen molar-refractivity contribution in [2.24, 2.45) is 0 Å². The van der Waals surface area contributed by atoms with Gasteiger partial charge >= 0.3 is 18.9 Å². The zero-order chi connectivity index (χ0) is 9.03. The van der Waals surface area contributed by atoms with Gasteiger partial charge in [-0.2, -0.15) is 11.5 Å². The number of rotatable bonds is 0. The largest absolute Gasteiger partial charge is 1.00 e. The molecule has 0 amide bonds. The van der Waals surface area contributed by atoms with Crippen LogP contribution in [-0.2, 0) is 0 Å². The maximum absolute atomic E-state index is 3.30. The van der Waals surface area contributed by atoms with Crippen molar-refractivity contribution in [2.75, 3.05) is 0 Å². The van der Waals surface area contributed by atoms with Gasteiger partial charge in [0.1, 0.15) is 8.07 Å². The van der Waals surface area contributed by atoms with Crippen LogP contribution in [0.15, 0.2) is 24.3 Å². The molecule has 0 radical (unpaired) electrons. The number of hydrogen-bond acceptors (Lipinski definition) is 0. The molecule has 0 heterocycles. The molecule has 0 nitrogen and oxygen atoms in total. The molecular formula is C11H13LiSi. The van der Waals surface area contributed by atoms with E-state index in [0.29, 0.717) is 0 Å². The standard InChI is InChI=1S/C11H13Si.Li/c1-12(2,3)10-9-11-7-5-4-6-8-11;/h4-7H,1-3H3;/q-1;+1. The van der Waals surface area contributed by atoms with Crippen LogP contribution in [0.5, 0.6) is 0 Å². The fourth-order valence-electron chi connectivity index (χ4n) is 0.726. The van der Waals surface area contributed by atoms with E-state index in [2.05, 4.69) is 37.2 Å². The summed E-state index contributed by atoms with van der Waals surface area (Å²) in [5.74, 6) is 3.14. The summed E-state index contributed by atoms with van der Waals surface area (Å²) in [6.07, 6.45) is 0. The molecule has 1 aromatic rings. The number of hydrogen-bond donors (Lipinski definition) is 0. The third-order valence-corrected chi connectivity index (χ3v) is 2.16. The first-order valence-electron chi connectivity index (χ1n) is 4.08. The van der Waals surface area contributed by atoms with Crippen LogP contribution in [0, 0.1) is 17.5 Å². The van der Waals surface area contributed by atoms with E-state index >= 15 is 0 Å². The minimum Gasteiger partial charge on any atom is -0.198 e. The van der Waals surface area contributed by atoms with Crippen LogP contribution in [0.2, 0.25) is 19.6 Å².